The Morgan fingerprint density at radius 2 is 1.79 bits per heavy atom. The van der Waals surface area contributed by atoms with Gasteiger partial charge in [-0.25, -0.2) is 13.2 Å². The maximum Gasteiger partial charge on any atom is 0.410 e. The molecule has 9 heteroatoms. The second kappa shape index (κ2) is 9.96. The number of carbonyl (C=O) groups is 1. The van der Waals surface area contributed by atoms with Gasteiger partial charge in [-0.1, -0.05) is 18.0 Å². The highest BCUT2D eigenvalue weighted by Crippen LogP contribution is 2.43. The highest BCUT2D eigenvalue weighted by Gasteiger charge is 2.46. The number of benzene rings is 1. The fourth-order valence-electron chi connectivity index (χ4n) is 5.66. The molecule has 3 atom stereocenters. The number of piperazine rings is 1. The lowest BCUT2D eigenvalue weighted by molar-refractivity contribution is 0.0304. The molecule has 34 heavy (non-hydrogen) atoms. The molecule has 1 amide bonds. The van der Waals surface area contributed by atoms with Crippen LogP contribution in [0, 0.1) is 11.8 Å². The number of hydrogen-bond acceptors (Lipinski definition) is 5. The van der Waals surface area contributed by atoms with E-state index in [0.29, 0.717) is 23.9 Å². The average Bonchev–Trinajstić information content (AvgIpc) is 3.72. The van der Waals surface area contributed by atoms with Crippen molar-refractivity contribution in [1.29, 1.82) is 0 Å². The van der Waals surface area contributed by atoms with Crippen molar-refractivity contribution in [2.24, 2.45) is 11.8 Å². The number of hydrogen-bond donors (Lipinski definition) is 0. The van der Waals surface area contributed by atoms with Crippen LogP contribution in [0.4, 0.5) is 4.79 Å². The summed E-state index contributed by atoms with van der Waals surface area (Å²) in [7, 11) is -3.72. The van der Waals surface area contributed by atoms with Gasteiger partial charge in [-0.3, -0.25) is 4.90 Å². The van der Waals surface area contributed by atoms with Gasteiger partial charge in [0.1, 0.15) is 6.61 Å². The van der Waals surface area contributed by atoms with E-state index in [4.69, 9.17) is 16.3 Å². The third-order valence-corrected chi connectivity index (χ3v) is 10.1. The van der Waals surface area contributed by atoms with Gasteiger partial charge in [0.2, 0.25) is 10.0 Å². The number of nitrogens with zero attached hydrogens (tertiary/aromatic N) is 3. The van der Waals surface area contributed by atoms with Crippen molar-refractivity contribution in [2.45, 2.75) is 74.9 Å². The molecule has 1 aromatic rings. The van der Waals surface area contributed by atoms with Crippen LogP contribution in [-0.2, 0) is 14.8 Å². The Morgan fingerprint density at radius 3 is 2.44 bits per heavy atom. The van der Waals surface area contributed by atoms with Gasteiger partial charge in [0.25, 0.3) is 0 Å². The van der Waals surface area contributed by atoms with Crippen molar-refractivity contribution in [3.05, 3.63) is 29.3 Å². The van der Waals surface area contributed by atoms with E-state index in [1.54, 1.807) is 28.6 Å². The highest BCUT2D eigenvalue weighted by atomic mass is 35.5. The second-order valence-corrected chi connectivity index (χ2v) is 12.9. The summed E-state index contributed by atoms with van der Waals surface area (Å²) in [4.78, 5) is 17.5. The molecule has 2 saturated carbocycles. The molecule has 188 valence electrons. The Labute approximate surface area is 208 Å². The minimum absolute atomic E-state index is 0.0250. The van der Waals surface area contributed by atoms with Crippen LogP contribution in [-0.4, -0.2) is 79.5 Å². The SMILES string of the molecule is C[C@@H]1CN(CC2CC2)CCN1C(=O)OCC1CCCC(C2CC2)N1S(=O)(=O)c1ccc(Cl)cc1. The molecule has 2 aliphatic heterocycles. The first-order chi connectivity index (χ1) is 16.3. The van der Waals surface area contributed by atoms with E-state index in [0.717, 1.165) is 51.2 Å². The molecular weight excluding hydrogens is 474 g/mol. The standard InChI is InChI=1S/C25H36ClN3O4S/c1-18-15-27(16-19-5-6-19)13-14-28(18)25(30)33-17-22-3-2-4-24(20-7-8-20)29(22)34(31,32)23-11-9-21(26)10-12-23/h9-12,18-20,22,24H,2-8,13-17H2,1H3/t18-,22?,24?/m1/s1. The fourth-order valence-corrected chi connectivity index (χ4v) is 7.70. The predicted molar refractivity (Wildman–Crippen MR) is 131 cm³/mol. The number of carbonyl (C=O) groups excluding carboxylic acids is 1. The summed E-state index contributed by atoms with van der Waals surface area (Å²) in [5.41, 5.74) is 0. The zero-order valence-corrected chi connectivity index (χ0v) is 21.5. The van der Waals surface area contributed by atoms with Crippen LogP contribution in [0.1, 0.15) is 51.9 Å². The first kappa shape index (κ1) is 24.3. The highest BCUT2D eigenvalue weighted by molar-refractivity contribution is 7.89. The van der Waals surface area contributed by atoms with Crippen molar-refractivity contribution < 1.29 is 17.9 Å². The first-order valence-electron chi connectivity index (χ1n) is 12.8. The quantitative estimate of drug-likeness (QED) is 0.550. The van der Waals surface area contributed by atoms with Gasteiger partial charge in [0.05, 0.1) is 10.9 Å². The van der Waals surface area contributed by atoms with Crippen molar-refractivity contribution in [3.8, 4) is 0 Å². The van der Waals surface area contributed by atoms with E-state index < -0.39 is 10.0 Å². The molecule has 2 unspecified atom stereocenters. The third-order valence-electron chi connectivity index (χ3n) is 7.84. The van der Waals surface area contributed by atoms with Gasteiger partial charge in [0, 0.05) is 43.3 Å². The molecule has 2 heterocycles. The Bertz CT molecular complexity index is 980. The van der Waals surface area contributed by atoms with E-state index in [9.17, 15) is 13.2 Å². The summed E-state index contributed by atoms with van der Waals surface area (Å²) in [5, 5.41) is 0.508. The molecular formula is C25H36ClN3O4S. The van der Waals surface area contributed by atoms with Crippen molar-refractivity contribution in [2.75, 3.05) is 32.8 Å². The minimum atomic E-state index is -3.72. The van der Waals surface area contributed by atoms with Crippen molar-refractivity contribution >= 4 is 27.7 Å². The molecule has 0 aromatic heterocycles. The van der Waals surface area contributed by atoms with Crippen molar-refractivity contribution in [1.82, 2.24) is 14.1 Å². The maximum atomic E-state index is 13.7. The summed E-state index contributed by atoms with van der Waals surface area (Å²) >= 11 is 6.00. The molecule has 0 bridgehead atoms. The average molecular weight is 510 g/mol. The monoisotopic (exact) mass is 509 g/mol. The zero-order chi connectivity index (χ0) is 23.9. The van der Waals surface area contributed by atoms with E-state index in [1.807, 2.05) is 4.90 Å². The summed E-state index contributed by atoms with van der Waals surface area (Å²) < 4.78 is 34.9. The molecule has 2 aliphatic carbocycles. The molecule has 4 fully saturated rings. The molecule has 0 spiro atoms. The molecule has 2 saturated heterocycles. The van der Waals surface area contributed by atoms with E-state index in [1.165, 1.54) is 12.8 Å². The van der Waals surface area contributed by atoms with Gasteiger partial charge in [-0.15, -0.1) is 0 Å². The Hall–Kier alpha value is -1.35. The lowest BCUT2D eigenvalue weighted by atomic mass is 9.96. The topological polar surface area (TPSA) is 70.2 Å². The Morgan fingerprint density at radius 1 is 1.06 bits per heavy atom. The van der Waals surface area contributed by atoms with Gasteiger partial charge in [-0.2, -0.15) is 4.31 Å². The number of sulfonamides is 1. The number of halogens is 1. The molecule has 1 aromatic carbocycles. The molecule has 0 N–H and O–H groups in total. The molecule has 7 nitrogen and oxygen atoms in total. The summed E-state index contributed by atoms with van der Waals surface area (Å²) in [6.07, 6.45) is 6.97. The maximum absolute atomic E-state index is 13.7. The normalized spacial score (nSPS) is 29.2. The predicted octanol–water partition coefficient (Wildman–Crippen LogP) is 4.21. The van der Waals surface area contributed by atoms with Gasteiger partial charge >= 0.3 is 6.09 Å². The molecule has 0 radical (unpaired) electrons. The lowest BCUT2D eigenvalue weighted by Gasteiger charge is -2.42. The van der Waals surface area contributed by atoms with Gasteiger partial charge < -0.3 is 9.64 Å². The van der Waals surface area contributed by atoms with Gasteiger partial charge in [0.15, 0.2) is 0 Å². The van der Waals surface area contributed by atoms with E-state index in [-0.39, 0.29) is 35.7 Å². The number of ether oxygens (including phenoxy) is 1. The first-order valence-corrected chi connectivity index (χ1v) is 14.6. The number of piperidine rings is 1. The van der Waals surface area contributed by atoms with Crippen LogP contribution in [0.25, 0.3) is 0 Å². The van der Waals surface area contributed by atoms with Crippen LogP contribution in [0.15, 0.2) is 29.2 Å². The number of rotatable bonds is 7. The van der Waals surface area contributed by atoms with E-state index >= 15 is 0 Å². The molecule has 4 aliphatic rings. The summed E-state index contributed by atoms with van der Waals surface area (Å²) in [5.74, 6) is 1.24. The van der Waals surface area contributed by atoms with Gasteiger partial charge in [-0.05, 0) is 81.5 Å². The van der Waals surface area contributed by atoms with E-state index in [2.05, 4.69) is 11.8 Å². The Balaban J connectivity index is 1.26. The Kier molecular flexibility index (Phi) is 7.13. The fraction of sp³-hybridized carbons (Fsp3) is 0.720. The summed E-state index contributed by atoms with van der Waals surface area (Å²) in [6, 6.07) is 6.11. The van der Waals surface area contributed by atoms with Crippen LogP contribution >= 0.6 is 11.6 Å². The van der Waals surface area contributed by atoms with Crippen LogP contribution in [0.5, 0.6) is 0 Å². The zero-order valence-electron chi connectivity index (χ0n) is 19.9. The van der Waals surface area contributed by atoms with Crippen LogP contribution in [0.3, 0.4) is 0 Å². The third kappa shape index (κ3) is 5.40. The summed E-state index contributed by atoms with van der Waals surface area (Å²) in [6.45, 7) is 5.71. The van der Waals surface area contributed by atoms with Crippen LogP contribution in [0.2, 0.25) is 5.02 Å². The molecule has 5 rings (SSSR count). The number of amides is 1. The van der Waals surface area contributed by atoms with Crippen molar-refractivity contribution in [3.63, 3.8) is 0 Å². The largest absolute Gasteiger partial charge is 0.448 e. The smallest absolute Gasteiger partial charge is 0.410 e. The second-order valence-electron chi connectivity index (χ2n) is 10.6. The minimum Gasteiger partial charge on any atom is -0.448 e. The van der Waals surface area contributed by atoms with Crippen LogP contribution < -0.4 is 0 Å². The lowest BCUT2D eigenvalue weighted by Crippen LogP contribution is -2.56.